The summed E-state index contributed by atoms with van der Waals surface area (Å²) in [6.07, 6.45) is 3.57. The number of rotatable bonds is 3. The van der Waals surface area contributed by atoms with Gasteiger partial charge in [-0.15, -0.1) is 10.2 Å². The molecule has 3 aliphatic heterocycles. The van der Waals surface area contributed by atoms with Gasteiger partial charge in [0, 0.05) is 47.3 Å². The number of nitrogens with two attached hydrogens (primary N) is 1. The smallest absolute Gasteiger partial charge is 0.142 e. The van der Waals surface area contributed by atoms with Crippen LogP contribution in [0.15, 0.2) is 46.6 Å². The first-order valence-electron chi connectivity index (χ1n) is 11.2. The van der Waals surface area contributed by atoms with Gasteiger partial charge >= 0.3 is 0 Å². The maximum Gasteiger partial charge on any atom is 0.142 e. The Morgan fingerprint density at radius 1 is 1.00 bits per heavy atom. The lowest BCUT2D eigenvalue weighted by molar-refractivity contribution is 0.0670. The first kappa shape index (κ1) is 22.8. The van der Waals surface area contributed by atoms with Crippen LogP contribution in [0, 0.1) is 0 Å². The van der Waals surface area contributed by atoms with Crippen molar-refractivity contribution in [2.24, 2.45) is 15.9 Å². The maximum absolute atomic E-state index is 6.50. The Morgan fingerprint density at radius 3 is 2.45 bits per heavy atom. The second-order valence-corrected chi connectivity index (χ2v) is 10.1. The number of fused-ring (bicyclic) bond motifs is 1. The summed E-state index contributed by atoms with van der Waals surface area (Å²) in [5.41, 5.74) is 8.09. The van der Waals surface area contributed by atoms with Gasteiger partial charge in [0.05, 0.1) is 11.4 Å². The van der Waals surface area contributed by atoms with Crippen LogP contribution in [0.2, 0.25) is 15.1 Å². The Morgan fingerprint density at radius 2 is 1.76 bits per heavy atom. The van der Waals surface area contributed by atoms with Gasteiger partial charge in [-0.1, -0.05) is 46.9 Å². The van der Waals surface area contributed by atoms with Crippen LogP contribution in [-0.2, 0) is 13.0 Å². The van der Waals surface area contributed by atoms with Crippen molar-refractivity contribution in [1.82, 2.24) is 9.80 Å². The van der Waals surface area contributed by atoms with Crippen LogP contribution in [0.25, 0.3) is 0 Å². The minimum atomic E-state index is 0.202. The van der Waals surface area contributed by atoms with Gasteiger partial charge in [0.2, 0.25) is 0 Å². The van der Waals surface area contributed by atoms with E-state index in [2.05, 4.69) is 32.1 Å². The number of amidine groups is 2. The lowest BCUT2D eigenvalue weighted by atomic mass is 9.97. The van der Waals surface area contributed by atoms with E-state index >= 15 is 0 Å². The van der Waals surface area contributed by atoms with Crippen molar-refractivity contribution in [1.29, 1.82) is 0 Å². The average molecular weight is 507 g/mol. The summed E-state index contributed by atoms with van der Waals surface area (Å²) in [4.78, 5) is 4.88. The highest BCUT2D eigenvalue weighted by Gasteiger charge is 2.34. The molecule has 9 heteroatoms. The zero-order valence-electron chi connectivity index (χ0n) is 18.2. The minimum Gasteiger partial charge on any atom is -0.490 e. The van der Waals surface area contributed by atoms with Crippen LogP contribution >= 0.6 is 34.8 Å². The van der Waals surface area contributed by atoms with E-state index < -0.39 is 0 Å². The van der Waals surface area contributed by atoms with E-state index in [-0.39, 0.29) is 6.04 Å². The van der Waals surface area contributed by atoms with E-state index in [4.69, 9.17) is 45.3 Å². The fourth-order valence-corrected chi connectivity index (χ4v) is 5.69. The molecule has 0 radical (unpaired) electrons. The van der Waals surface area contributed by atoms with E-state index in [9.17, 15) is 0 Å². The topological polar surface area (TPSA) is 66.5 Å². The molecule has 2 aromatic carbocycles. The van der Waals surface area contributed by atoms with Crippen LogP contribution in [0.4, 0.5) is 0 Å². The van der Waals surface area contributed by atoms with E-state index in [0.29, 0.717) is 35.0 Å². The largest absolute Gasteiger partial charge is 0.490 e. The number of nitrogens with zero attached hydrogens (tertiary/aromatic N) is 4. The molecule has 1 saturated heterocycles. The number of benzene rings is 2. The zero-order chi connectivity index (χ0) is 22.9. The molecule has 3 aliphatic rings. The first-order valence-corrected chi connectivity index (χ1v) is 12.3. The number of piperidine rings is 1. The van der Waals surface area contributed by atoms with Crippen LogP contribution in [0.3, 0.4) is 0 Å². The van der Waals surface area contributed by atoms with Crippen molar-refractivity contribution in [2.75, 3.05) is 19.7 Å². The molecular formula is C24H26Cl3N5O. The van der Waals surface area contributed by atoms with E-state index in [0.717, 1.165) is 61.1 Å². The molecule has 5 rings (SSSR count). The summed E-state index contributed by atoms with van der Waals surface area (Å²) >= 11 is 18.9. The van der Waals surface area contributed by atoms with Gasteiger partial charge < -0.3 is 15.4 Å². The molecule has 0 bridgehead atoms. The number of hydrogen-bond donors (Lipinski definition) is 1. The van der Waals surface area contributed by atoms with Gasteiger partial charge in [0.15, 0.2) is 0 Å². The molecule has 174 valence electrons. The number of halogens is 3. The molecule has 3 heterocycles. The van der Waals surface area contributed by atoms with E-state index in [1.165, 1.54) is 5.56 Å². The van der Waals surface area contributed by atoms with Crippen LogP contribution in [-0.4, -0.2) is 53.3 Å². The molecule has 0 saturated carbocycles. The van der Waals surface area contributed by atoms with Crippen molar-refractivity contribution in [2.45, 2.75) is 44.3 Å². The van der Waals surface area contributed by atoms with Gasteiger partial charge in [-0.05, 0) is 49.1 Å². The second-order valence-electron chi connectivity index (χ2n) is 8.85. The molecule has 0 amide bonds. The molecule has 1 fully saturated rings. The van der Waals surface area contributed by atoms with E-state index in [1.54, 1.807) is 6.07 Å². The zero-order valence-corrected chi connectivity index (χ0v) is 20.5. The fourth-order valence-electron chi connectivity index (χ4n) is 4.98. The molecule has 0 aromatic heterocycles. The number of likely N-dealkylation sites (tertiary alicyclic amines) is 1. The predicted octanol–water partition coefficient (Wildman–Crippen LogP) is 4.99. The molecule has 2 aromatic rings. The maximum atomic E-state index is 6.50. The first-order chi connectivity index (χ1) is 16.0. The lowest BCUT2D eigenvalue weighted by Crippen LogP contribution is -2.51. The van der Waals surface area contributed by atoms with Crippen LogP contribution < -0.4 is 10.5 Å². The SMILES string of the molecule is NC1=NN=C(N2CCC(N3Cc4cc(Cl)cc(Cl)c4OC[C@@H]3Cc3ccc(Cl)cc3)CC2)C1. The van der Waals surface area contributed by atoms with Gasteiger partial charge in [0.1, 0.15) is 24.0 Å². The molecule has 6 nitrogen and oxygen atoms in total. The minimum absolute atomic E-state index is 0.202. The fraction of sp³-hybridized carbons (Fsp3) is 0.417. The van der Waals surface area contributed by atoms with Gasteiger partial charge in [-0.25, -0.2) is 0 Å². The van der Waals surface area contributed by atoms with Crippen molar-refractivity contribution < 1.29 is 4.74 Å². The third kappa shape index (κ3) is 5.09. The van der Waals surface area contributed by atoms with Crippen molar-refractivity contribution in [3.63, 3.8) is 0 Å². The van der Waals surface area contributed by atoms with Gasteiger partial charge in [-0.3, -0.25) is 4.90 Å². The highest BCUT2D eigenvalue weighted by Crippen LogP contribution is 2.37. The Labute approximate surface area is 208 Å². The third-order valence-electron chi connectivity index (χ3n) is 6.64. The van der Waals surface area contributed by atoms with E-state index in [1.807, 2.05) is 18.2 Å². The third-order valence-corrected chi connectivity index (χ3v) is 7.39. The molecule has 2 N–H and O–H groups in total. The van der Waals surface area contributed by atoms with Crippen LogP contribution in [0.1, 0.15) is 30.4 Å². The summed E-state index contributed by atoms with van der Waals surface area (Å²) in [6.45, 7) is 3.17. The highest BCUT2D eigenvalue weighted by atomic mass is 35.5. The molecule has 0 aliphatic carbocycles. The van der Waals surface area contributed by atoms with Gasteiger partial charge in [0.25, 0.3) is 0 Å². The summed E-state index contributed by atoms with van der Waals surface area (Å²) in [6, 6.07) is 12.4. The quantitative estimate of drug-likeness (QED) is 0.637. The van der Waals surface area contributed by atoms with Crippen molar-refractivity contribution in [3.05, 3.63) is 62.6 Å². The van der Waals surface area contributed by atoms with Crippen molar-refractivity contribution in [3.8, 4) is 5.75 Å². The summed E-state index contributed by atoms with van der Waals surface area (Å²) < 4.78 is 6.26. The average Bonchev–Trinajstić information content (AvgIpc) is 3.15. The summed E-state index contributed by atoms with van der Waals surface area (Å²) in [5, 5.41) is 10.2. The van der Waals surface area contributed by atoms with Gasteiger partial charge in [-0.2, -0.15) is 0 Å². The Hall–Kier alpha value is -1.99. The van der Waals surface area contributed by atoms with Crippen LogP contribution in [0.5, 0.6) is 5.75 Å². The molecule has 0 unspecified atom stereocenters. The second kappa shape index (κ2) is 9.71. The monoisotopic (exact) mass is 505 g/mol. The summed E-state index contributed by atoms with van der Waals surface area (Å²) in [7, 11) is 0. The molecule has 0 spiro atoms. The normalized spacial score (nSPS) is 21.8. The Balaban J connectivity index is 1.37. The Kier molecular flexibility index (Phi) is 6.70. The summed E-state index contributed by atoms with van der Waals surface area (Å²) in [5.74, 6) is 2.31. The molecular weight excluding hydrogens is 481 g/mol. The Bertz CT molecular complexity index is 1080. The standard InChI is InChI=1S/C24H26Cl3N5O/c25-17-3-1-15(2-4-17)9-20-14-33-24-16(10-18(26)11-21(24)27)13-32(20)19-5-7-31(8-6-19)23-12-22(28)29-30-23/h1-4,10-11,19-20H,5-9,12-14H2,(H2,28,29)/t20-/m0/s1. The number of ether oxygens (including phenoxy) is 1. The highest BCUT2D eigenvalue weighted by molar-refractivity contribution is 6.35. The number of hydrogen-bond acceptors (Lipinski definition) is 6. The molecule has 33 heavy (non-hydrogen) atoms. The lowest BCUT2D eigenvalue weighted by Gasteiger charge is -2.42. The molecule has 1 atom stereocenters. The predicted molar refractivity (Wildman–Crippen MR) is 135 cm³/mol. The van der Waals surface area contributed by atoms with Crippen molar-refractivity contribution >= 4 is 46.5 Å².